The highest BCUT2D eigenvalue weighted by molar-refractivity contribution is 5.88. The minimum atomic E-state index is 0.508. The number of likely N-dealkylation sites (N-methyl/N-ethyl adjacent to an activating group) is 1. The van der Waals surface area contributed by atoms with Gasteiger partial charge in [0, 0.05) is 43.8 Å². The van der Waals surface area contributed by atoms with Crippen LogP contribution in [-0.2, 0) is 0 Å². The normalized spacial score (nSPS) is 24.8. The monoisotopic (exact) mass is 339 g/mol. The molecule has 1 spiro atoms. The van der Waals surface area contributed by atoms with E-state index in [1.54, 1.807) is 6.33 Å². The molecule has 5 nitrogen and oxygen atoms in total. The summed E-state index contributed by atoms with van der Waals surface area (Å²) in [5.74, 6) is 1.15. The van der Waals surface area contributed by atoms with Crippen molar-refractivity contribution in [2.75, 3.05) is 38.1 Å². The van der Waals surface area contributed by atoms with Gasteiger partial charge in [-0.05, 0) is 38.8 Å². The second-order valence-electron chi connectivity index (χ2n) is 8.61. The number of fused-ring (bicyclic) bond motifs is 1. The summed E-state index contributed by atoms with van der Waals surface area (Å²) in [6, 6.07) is 2.88. The van der Waals surface area contributed by atoms with Gasteiger partial charge >= 0.3 is 0 Å². The molecule has 0 amide bonds. The van der Waals surface area contributed by atoms with Gasteiger partial charge in [0.1, 0.15) is 17.8 Å². The molecule has 25 heavy (non-hydrogen) atoms. The van der Waals surface area contributed by atoms with E-state index in [-0.39, 0.29) is 0 Å². The van der Waals surface area contributed by atoms with Crippen LogP contribution in [0, 0.1) is 5.41 Å². The molecule has 0 radical (unpaired) electrons. The lowest BCUT2D eigenvalue weighted by Crippen LogP contribution is -2.31. The fourth-order valence-electron chi connectivity index (χ4n) is 5.01. The maximum Gasteiger partial charge on any atom is 0.145 e. The van der Waals surface area contributed by atoms with E-state index >= 15 is 0 Å². The third-order valence-electron chi connectivity index (χ3n) is 6.60. The van der Waals surface area contributed by atoms with E-state index in [0.29, 0.717) is 11.5 Å². The summed E-state index contributed by atoms with van der Waals surface area (Å²) >= 11 is 0. The SMILES string of the molecule is CN1CCN(c2ncnc3c2ccn3C2CCCCC2)CC2(CC2)C1. The number of rotatable bonds is 2. The van der Waals surface area contributed by atoms with Crippen LogP contribution in [0.3, 0.4) is 0 Å². The van der Waals surface area contributed by atoms with Gasteiger partial charge in [-0.3, -0.25) is 0 Å². The molecular weight excluding hydrogens is 310 g/mol. The van der Waals surface area contributed by atoms with Gasteiger partial charge in [0.05, 0.1) is 5.39 Å². The predicted octanol–water partition coefficient (Wildman–Crippen LogP) is 3.47. The smallest absolute Gasteiger partial charge is 0.145 e. The third-order valence-corrected chi connectivity index (χ3v) is 6.60. The van der Waals surface area contributed by atoms with Gasteiger partial charge in [-0.2, -0.15) is 0 Å². The molecule has 5 rings (SSSR count). The van der Waals surface area contributed by atoms with Crippen LogP contribution in [0.4, 0.5) is 5.82 Å². The van der Waals surface area contributed by atoms with E-state index in [1.807, 2.05) is 0 Å². The van der Waals surface area contributed by atoms with Crippen molar-refractivity contribution in [2.45, 2.75) is 51.0 Å². The Labute approximate surface area is 150 Å². The molecule has 3 fully saturated rings. The molecule has 2 aliphatic carbocycles. The lowest BCUT2D eigenvalue weighted by atomic mass is 9.95. The van der Waals surface area contributed by atoms with Crippen LogP contribution < -0.4 is 4.90 Å². The van der Waals surface area contributed by atoms with Crippen molar-refractivity contribution in [1.29, 1.82) is 0 Å². The van der Waals surface area contributed by atoms with Crippen LogP contribution in [0.5, 0.6) is 0 Å². The Hall–Kier alpha value is -1.62. The number of nitrogens with zero attached hydrogens (tertiary/aromatic N) is 5. The first-order chi connectivity index (χ1) is 12.2. The number of hydrogen-bond acceptors (Lipinski definition) is 4. The van der Waals surface area contributed by atoms with E-state index in [2.05, 4.69) is 38.7 Å². The van der Waals surface area contributed by atoms with Gasteiger partial charge in [0.2, 0.25) is 0 Å². The Kier molecular flexibility index (Phi) is 3.73. The largest absolute Gasteiger partial charge is 0.354 e. The Morgan fingerprint density at radius 1 is 1.04 bits per heavy atom. The van der Waals surface area contributed by atoms with E-state index in [1.165, 1.54) is 56.9 Å². The molecule has 2 saturated carbocycles. The molecule has 134 valence electrons. The van der Waals surface area contributed by atoms with Crippen LogP contribution >= 0.6 is 0 Å². The minimum absolute atomic E-state index is 0.508. The number of aromatic nitrogens is 3. The zero-order valence-electron chi connectivity index (χ0n) is 15.3. The maximum absolute atomic E-state index is 4.73. The van der Waals surface area contributed by atoms with Gasteiger partial charge in [-0.15, -0.1) is 0 Å². The van der Waals surface area contributed by atoms with Gasteiger partial charge in [-0.1, -0.05) is 19.3 Å². The predicted molar refractivity (Wildman–Crippen MR) is 101 cm³/mol. The summed E-state index contributed by atoms with van der Waals surface area (Å²) in [6.45, 7) is 4.58. The molecule has 2 aromatic rings. The van der Waals surface area contributed by atoms with Gasteiger partial charge in [-0.25, -0.2) is 9.97 Å². The van der Waals surface area contributed by atoms with E-state index < -0.39 is 0 Å². The van der Waals surface area contributed by atoms with E-state index in [9.17, 15) is 0 Å². The Morgan fingerprint density at radius 3 is 2.68 bits per heavy atom. The summed E-state index contributed by atoms with van der Waals surface area (Å²) in [4.78, 5) is 14.4. The van der Waals surface area contributed by atoms with Crippen LogP contribution in [-0.4, -0.2) is 52.7 Å². The number of anilines is 1. The molecule has 0 unspecified atom stereocenters. The summed E-state index contributed by atoms with van der Waals surface area (Å²) < 4.78 is 2.43. The highest BCUT2D eigenvalue weighted by Crippen LogP contribution is 2.48. The molecule has 3 aliphatic rings. The zero-order chi connectivity index (χ0) is 16.9. The Morgan fingerprint density at radius 2 is 1.88 bits per heavy atom. The van der Waals surface area contributed by atoms with E-state index in [0.717, 1.165) is 31.1 Å². The fourth-order valence-corrected chi connectivity index (χ4v) is 5.01. The molecule has 0 bridgehead atoms. The highest BCUT2D eigenvalue weighted by atomic mass is 15.3. The summed E-state index contributed by atoms with van der Waals surface area (Å²) in [6.07, 6.45) is 13.4. The van der Waals surface area contributed by atoms with Crippen molar-refractivity contribution in [1.82, 2.24) is 19.4 Å². The quantitative estimate of drug-likeness (QED) is 0.839. The average Bonchev–Trinajstić information content (AvgIpc) is 3.29. The summed E-state index contributed by atoms with van der Waals surface area (Å²) in [5.41, 5.74) is 1.65. The van der Waals surface area contributed by atoms with Gasteiger partial charge in [0.15, 0.2) is 0 Å². The first-order valence-corrected chi connectivity index (χ1v) is 9.99. The minimum Gasteiger partial charge on any atom is -0.354 e. The Bertz CT molecular complexity index is 757. The molecule has 3 heterocycles. The van der Waals surface area contributed by atoms with Crippen LogP contribution in [0.15, 0.2) is 18.6 Å². The van der Waals surface area contributed by atoms with Crippen molar-refractivity contribution in [3.05, 3.63) is 18.6 Å². The lowest BCUT2D eigenvalue weighted by molar-refractivity contribution is 0.298. The Balaban J connectivity index is 1.50. The standard InChI is InChI=1S/C20H29N5/c1-23-11-12-24(14-20(13-23)8-9-20)18-17-7-10-25(19(17)22-15-21-18)16-5-3-2-4-6-16/h7,10,15-16H,2-6,8-9,11-14H2,1H3. The van der Waals surface area contributed by atoms with Gasteiger partial charge < -0.3 is 14.4 Å². The first kappa shape index (κ1) is 15.6. The van der Waals surface area contributed by atoms with Crippen molar-refractivity contribution in [2.24, 2.45) is 5.41 Å². The van der Waals surface area contributed by atoms with Crippen molar-refractivity contribution < 1.29 is 0 Å². The molecule has 1 aliphatic heterocycles. The molecule has 0 N–H and O–H groups in total. The maximum atomic E-state index is 4.73. The second kappa shape index (κ2) is 5.97. The molecule has 5 heteroatoms. The zero-order valence-corrected chi connectivity index (χ0v) is 15.3. The molecule has 2 aromatic heterocycles. The molecule has 0 aromatic carbocycles. The van der Waals surface area contributed by atoms with Gasteiger partial charge in [0.25, 0.3) is 0 Å². The highest BCUT2D eigenvalue weighted by Gasteiger charge is 2.46. The lowest BCUT2D eigenvalue weighted by Gasteiger charge is -2.26. The number of hydrogen-bond donors (Lipinski definition) is 0. The molecule has 0 atom stereocenters. The van der Waals surface area contributed by atoms with E-state index in [4.69, 9.17) is 4.98 Å². The molecular formula is C20H29N5. The van der Waals surface area contributed by atoms with Crippen molar-refractivity contribution >= 4 is 16.9 Å². The third kappa shape index (κ3) is 2.82. The second-order valence-corrected chi connectivity index (χ2v) is 8.61. The van der Waals surface area contributed by atoms with Crippen LogP contribution in [0.25, 0.3) is 11.0 Å². The topological polar surface area (TPSA) is 37.2 Å². The van der Waals surface area contributed by atoms with Crippen molar-refractivity contribution in [3.8, 4) is 0 Å². The van der Waals surface area contributed by atoms with Crippen LogP contribution in [0.1, 0.15) is 51.0 Å². The molecule has 1 saturated heterocycles. The first-order valence-electron chi connectivity index (χ1n) is 9.99. The van der Waals surface area contributed by atoms with Crippen molar-refractivity contribution in [3.63, 3.8) is 0 Å². The summed E-state index contributed by atoms with van der Waals surface area (Å²) in [5, 5.41) is 1.24. The average molecular weight is 339 g/mol. The fraction of sp³-hybridized carbons (Fsp3) is 0.700. The summed E-state index contributed by atoms with van der Waals surface area (Å²) in [7, 11) is 2.26. The van der Waals surface area contributed by atoms with Crippen LogP contribution in [0.2, 0.25) is 0 Å².